The Bertz CT molecular complexity index is 702. The third kappa shape index (κ3) is 4.36. The van der Waals surface area contributed by atoms with Gasteiger partial charge < -0.3 is 17.2 Å². The minimum absolute atomic E-state index is 0.0708. The number of rotatable bonds is 3. The maximum atomic E-state index is 11.9. The molecule has 0 unspecified atom stereocenters. The molecule has 13 heteroatoms. The molecule has 0 fully saturated rings. The van der Waals surface area contributed by atoms with Crippen LogP contribution in [0.5, 0.6) is 0 Å². The molecule has 21 heavy (non-hydrogen) atoms. The Morgan fingerprint density at radius 2 is 1.86 bits per heavy atom. The fraction of sp³-hybridized carbons (Fsp3) is 0.250. The van der Waals surface area contributed by atoms with E-state index in [1.54, 1.807) is 22.6 Å². The normalized spacial score (nSPS) is 12.5. The maximum absolute atomic E-state index is 11.9. The first-order valence-corrected chi connectivity index (χ1v) is 7.70. The van der Waals surface area contributed by atoms with E-state index in [2.05, 4.69) is 19.7 Å². The van der Waals surface area contributed by atoms with E-state index in [4.69, 9.17) is 17.2 Å². The molecule has 0 radical (unpaired) electrons. The molecule has 1 aromatic heterocycles. The predicted molar refractivity (Wildman–Crippen MR) is 85.3 cm³/mol. The number of guanidine groups is 1. The van der Waals surface area contributed by atoms with Gasteiger partial charge in [0.1, 0.15) is 3.70 Å². The molecule has 0 spiro atoms. The van der Waals surface area contributed by atoms with Crippen LogP contribution < -0.4 is 22.5 Å². The largest absolute Gasteiger partial charge is 0.382 e. The summed E-state index contributed by atoms with van der Waals surface area (Å²) in [6.45, 7) is 0. The summed E-state index contributed by atoms with van der Waals surface area (Å²) in [6, 6.07) is 0. The van der Waals surface area contributed by atoms with Gasteiger partial charge in [-0.25, -0.2) is 9.97 Å². The third-order valence-corrected chi connectivity index (χ3v) is 4.18. The van der Waals surface area contributed by atoms with Crippen molar-refractivity contribution < 1.29 is 13.2 Å². The van der Waals surface area contributed by atoms with Gasteiger partial charge in [-0.2, -0.15) is 12.7 Å². The molecule has 7 N–H and O–H groups in total. The van der Waals surface area contributed by atoms with Crippen molar-refractivity contribution in [2.24, 2.45) is 10.1 Å². The van der Waals surface area contributed by atoms with Crippen LogP contribution in [0, 0.1) is 3.70 Å². The number of amides is 1. The van der Waals surface area contributed by atoms with Gasteiger partial charge in [0.15, 0.2) is 17.3 Å². The van der Waals surface area contributed by atoms with Crippen molar-refractivity contribution in [1.29, 1.82) is 0 Å². The Balaban J connectivity index is 3.02. The number of nitrogens with two attached hydrogens (primary N) is 3. The first-order valence-electron chi connectivity index (χ1n) is 5.22. The van der Waals surface area contributed by atoms with Crippen molar-refractivity contribution in [3.8, 4) is 0 Å². The molecule has 11 nitrogen and oxygen atoms in total. The Kier molecular flexibility index (Phi) is 5.24. The highest BCUT2D eigenvalue weighted by Crippen LogP contribution is 2.14. The van der Waals surface area contributed by atoms with Crippen molar-refractivity contribution in [2.45, 2.75) is 0 Å². The van der Waals surface area contributed by atoms with E-state index < -0.39 is 22.1 Å². The third-order valence-electron chi connectivity index (χ3n) is 2.04. The summed E-state index contributed by atoms with van der Waals surface area (Å²) in [5.74, 6) is -1.62. The molecule has 0 aromatic carbocycles. The highest BCUT2D eigenvalue weighted by Gasteiger charge is 2.18. The SMILES string of the molecule is CN(C)S(=O)(=O)N=C(N)NC(=O)c1nc(I)c(N)nc1N. The van der Waals surface area contributed by atoms with Crippen LogP contribution in [0.4, 0.5) is 11.6 Å². The van der Waals surface area contributed by atoms with Gasteiger partial charge in [0.05, 0.1) is 0 Å². The lowest BCUT2D eigenvalue weighted by molar-refractivity contribution is 0.0972. The molecular formula is C8H13IN8O3S. The van der Waals surface area contributed by atoms with E-state index in [1.807, 2.05) is 0 Å². The summed E-state index contributed by atoms with van der Waals surface area (Å²) in [4.78, 5) is 19.5. The number of hydrogen-bond donors (Lipinski definition) is 4. The van der Waals surface area contributed by atoms with Crippen molar-refractivity contribution in [3.63, 3.8) is 0 Å². The fourth-order valence-corrected chi connectivity index (χ4v) is 1.83. The maximum Gasteiger partial charge on any atom is 0.325 e. The summed E-state index contributed by atoms with van der Waals surface area (Å²) in [6.07, 6.45) is 0. The van der Waals surface area contributed by atoms with Crippen LogP contribution in [0.25, 0.3) is 0 Å². The highest BCUT2D eigenvalue weighted by molar-refractivity contribution is 14.1. The van der Waals surface area contributed by atoms with Gasteiger partial charge in [0.25, 0.3) is 5.91 Å². The zero-order chi connectivity index (χ0) is 16.4. The number of anilines is 2. The lowest BCUT2D eigenvalue weighted by atomic mass is 10.4. The average Bonchev–Trinajstić information content (AvgIpc) is 2.32. The van der Waals surface area contributed by atoms with Gasteiger partial charge in [0, 0.05) is 14.1 Å². The fourth-order valence-electron chi connectivity index (χ4n) is 1.01. The lowest BCUT2D eigenvalue weighted by Crippen LogP contribution is -2.39. The molecule has 0 aliphatic carbocycles. The molecular weight excluding hydrogens is 415 g/mol. The molecule has 0 saturated carbocycles. The Morgan fingerprint density at radius 1 is 1.29 bits per heavy atom. The van der Waals surface area contributed by atoms with E-state index in [-0.39, 0.29) is 21.0 Å². The van der Waals surface area contributed by atoms with E-state index in [1.165, 1.54) is 14.1 Å². The number of halogens is 1. The van der Waals surface area contributed by atoms with Gasteiger partial charge in [0.2, 0.25) is 5.96 Å². The predicted octanol–water partition coefficient (Wildman–Crippen LogP) is -1.90. The van der Waals surface area contributed by atoms with Crippen LogP contribution >= 0.6 is 22.6 Å². The molecule has 0 bridgehead atoms. The van der Waals surface area contributed by atoms with Crippen LogP contribution in [0.2, 0.25) is 0 Å². The Hall–Kier alpha value is -1.74. The van der Waals surface area contributed by atoms with Gasteiger partial charge in [-0.3, -0.25) is 10.1 Å². The molecule has 0 aliphatic rings. The lowest BCUT2D eigenvalue weighted by Gasteiger charge is -2.09. The van der Waals surface area contributed by atoms with Gasteiger partial charge >= 0.3 is 10.2 Å². The first kappa shape index (κ1) is 17.3. The number of nitrogen functional groups attached to an aromatic ring is 2. The minimum Gasteiger partial charge on any atom is -0.382 e. The van der Waals surface area contributed by atoms with Crippen molar-refractivity contribution in [3.05, 3.63) is 9.39 Å². The summed E-state index contributed by atoms with van der Waals surface area (Å²) < 4.78 is 27.2. The molecule has 0 atom stereocenters. The van der Waals surface area contributed by atoms with Crippen molar-refractivity contribution in [2.75, 3.05) is 25.6 Å². The highest BCUT2D eigenvalue weighted by atomic mass is 127. The zero-order valence-corrected chi connectivity index (χ0v) is 14.0. The van der Waals surface area contributed by atoms with Crippen LogP contribution in [0.15, 0.2) is 4.40 Å². The van der Waals surface area contributed by atoms with Crippen molar-refractivity contribution in [1.82, 2.24) is 19.6 Å². The number of aromatic nitrogens is 2. The molecule has 1 rings (SSSR count). The molecule has 0 aliphatic heterocycles. The van der Waals surface area contributed by atoms with Crippen LogP contribution in [0.1, 0.15) is 10.5 Å². The second-order valence-corrected chi connectivity index (χ2v) is 6.65. The van der Waals surface area contributed by atoms with Crippen molar-refractivity contribution >= 4 is 56.3 Å². The standard InChI is InChI=1S/C8H13IN8O3S/c1-17(2)21(19,20)16-8(12)15-7(18)3-5(10)14-6(11)4(9)13-3/h1-2H3,(H4,10,11,14)(H3,12,15,16,18). The smallest absolute Gasteiger partial charge is 0.325 e. The quantitative estimate of drug-likeness (QED) is 0.244. The average molecular weight is 428 g/mol. The van der Waals surface area contributed by atoms with E-state index in [0.717, 1.165) is 4.31 Å². The number of nitrogens with zero attached hydrogens (tertiary/aromatic N) is 4. The van der Waals surface area contributed by atoms with E-state index in [0.29, 0.717) is 0 Å². The van der Waals surface area contributed by atoms with Crippen LogP contribution in [0.3, 0.4) is 0 Å². The minimum atomic E-state index is -3.96. The molecule has 1 heterocycles. The second kappa shape index (κ2) is 6.35. The van der Waals surface area contributed by atoms with Crippen LogP contribution in [-0.4, -0.2) is 48.7 Å². The molecule has 1 aromatic rings. The Labute approximate surface area is 134 Å². The zero-order valence-electron chi connectivity index (χ0n) is 11.0. The second-order valence-electron chi connectivity index (χ2n) is 3.82. The van der Waals surface area contributed by atoms with Gasteiger partial charge in [-0.15, -0.1) is 4.40 Å². The number of carbonyl (C=O) groups is 1. The molecule has 116 valence electrons. The summed E-state index contributed by atoms with van der Waals surface area (Å²) in [7, 11) is -1.43. The van der Waals surface area contributed by atoms with E-state index in [9.17, 15) is 13.2 Å². The monoisotopic (exact) mass is 428 g/mol. The Morgan fingerprint density at radius 3 is 2.38 bits per heavy atom. The molecule has 1 amide bonds. The van der Waals surface area contributed by atoms with Crippen LogP contribution in [-0.2, 0) is 10.2 Å². The number of carbonyl (C=O) groups excluding carboxylic acids is 1. The van der Waals surface area contributed by atoms with Gasteiger partial charge in [-0.1, -0.05) is 0 Å². The van der Waals surface area contributed by atoms with Gasteiger partial charge in [-0.05, 0) is 22.6 Å². The first-order chi connectivity index (χ1) is 9.54. The molecule has 0 saturated heterocycles. The summed E-state index contributed by atoms with van der Waals surface area (Å²) in [5.41, 5.74) is 16.1. The number of nitrogens with one attached hydrogen (secondary N) is 1. The van der Waals surface area contributed by atoms with E-state index >= 15 is 0 Å². The number of hydrogen-bond acceptors (Lipinski definition) is 7. The topological polar surface area (TPSA) is 183 Å². The summed E-state index contributed by atoms with van der Waals surface area (Å²) >= 11 is 1.77. The summed E-state index contributed by atoms with van der Waals surface area (Å²) in [5, 5.41) is 2.05.